The highest BCUT2D eigenvalue weighted by Gasteiger charge is 2.36. The van der Waals surface area contributed by atoms with E-state index in [9.17, 15) is 14.4 Å². The SMILES string of the molecule is C[C@@H]1CN(C(=O)NCCC(N)=O)C[C@H]1C(=O)O. The number of nitrogens with two attached hydrogens (primary N) is 1. The van der Waals surface area contributed by atoms with Gasteiger partial charge in [-0.1, -0.05) is 6.92 Å². The van der Waals surface area contributed by atoms with Crippen LogP contribution < -0.4 is 11.1 Å². The molecule has 1 rings (SSSR count). The van der Waals surface area contributed by atoms with Crippen LogP contribution in [-0.4, -0.2) is 47.5 Å². The summed E-state index contributed by atoms with van der Waals surface area (Å²) in [5.41, 5.74) is 4.93. The molecule has 96 valence electrons. The van der Waals surface area contributed by atoms with Crippen molar-refractivity contribution in [3.63, 3.8) is 0 Å². The third-order valence-electron chi connectivity index (χ3n) is 2.86. The standard InChI is InChI=1S/C10H17N3O4/c1-6-4-13(5-7(6)9(15)16)10(17)12-3-2-8(11)14/h6-7H,2-5H2,1H3,(H2,11,14)(H,12,17)(H,15,16)/t6-,7-/m1/s1. The Bertz CT molecular complexity index is 332. The molecule has 4 N–H and O–H groups in total. The van der Waals surface area contributed by atoms with Crippen molar-refractivity contribution in [2.45, 2.75) is 13.3 Å². The summed E-state index contributed by atoms with van der Waals surface area (Å²) in [6, 6.07) is -0.346. The quantitative estimate of drug-likeness (QED) is 0.601. The first-order valence-electron chi connectivity index (χ1n) is 5.45. The number of aliphatic carboxylic acids is 1. The Labute approximate surface area is 98.9 Å². The highest BCUT2D eigenvalue weighted by molar-refractivity contribution is 5.78. The predicted molar refractivity (Wildman–Crippen MR) is 59.1 cm³/mol. The third kappa shape index (κ3) is 3.61. The molecule has 0 aromatic rings. The molecule has 0 bridgehead atoms. The second kappa shape index (κ2) is 5.51. The van der Waals surface area contributed by atoms with E-state index in [1.54, 1.807) is 6.92 Å². The van der Waals surface area contributed by atoms with E-state index in [1.807, 2.05) is 0 Å². The smallest absolute Gasteiger partial charge is 0.317 e. The van der Waals surface area contributed by atoms with Gasteiger partial charge in [0.2, 0.25) is 5.91 Å². The van der Waals surface area contributed by atoms with Crippen molar-refractivity contribution in [1.82, 2.24) is 10.2 Å². The summed E-state index contributed by atoms with van der Waals surface area (Å²) in [5.74, 6) is -1.94. The van der Waals surface area contributed by atoms with Crippen molar-refractivity contribution < 1.29 is 19.5 Å². The summed E-state index contributed by atoms with van der Waals surface area (Å²) in [7, 11) is 0. The van der Waals surface area contributed by atoms with Gasteiger partial charge in [-0.3, -0.25) is 9.59 Å². The van der Waals surface area contributed by atoms with E-state index >= 15 is 0 Å². The van der Waals surface area contributed by atoms with Gasteiger partial charge in [-0.2, -0.15) is 0 Å². The van der Waals surface area contributed by atoms with E-state index in [0.717, 1.165) is 0 Å². The second-order valence-corrected chi connectivity index (χ2v) is 4.28. The molecule has 0 aromatic carbocycles. The number of hydrogen-bond donors (Lipinski definition) is 3. The molecule has 0 unspecified atom stereocenters. The second-order valence-electron chi connectivity index (χ2n) is 4.28. The maximum absolute atomic E-state index is 11.6. The van der Waals surface area contributed by atoms with Crippen molar-refractivity contribution in [2.75, 3.05) is 19.6 Å². The molecule has 1 aliphatic rings. The summed E-state index contributed by atoms with van der Waals surface area (Å²) in [6.07, 6.45) is 0.0808. The molecular formula is C10H17N3O4. The Hall–Kier alpha value is -1.79. The molecule has 0 spiro atoms. The van der Waals surface area contributed by atoms with E-state index in [2.05, 4.69) is 5.32 Å². The van der Waals surface area contributed by atoms with Crippen LogP contribution in [0.5, 0.6) is 0 Å². The van der Waals surface area contributed by atoms with Crippen LogP contribution in [0.15, 0.2) is 0 Å². The molecule has 7 nitrogen and oxygen atoms in total. The number of nitrogens with zero attached hydrogens (tertiary/aromatic N) is 1. The summed E-state index contributed by atoms with van der Waals surface area (Å²) in [6.45, 7) is 2.60. The van der Waals surface area contributed by atoms with Gasteiger partial charge in [0.1, 0.15) is 0 Å². The fourth-order valence-electron chi connectivity index (χ4n) is 1.86. The largest absolute Gasteiger partial charge is 0.481 e. The minimum atomic E-state index is -0.884. The number of carboxylic acids is 1. The van der Waals surface area contributed by atoms with Gasteiger partial charge in [0, 0.05) is 26.1 Å². The van der Waals surface area contributed by atoms with E-state index in [1.165, 1.54) is 4.90 Å². The topological polar surface area (TPSA) is 113 Å². The highest BCUT2D eigenvalue weighted by atomic mass is 16.4. The predicted octanol–water partition coefficient (Wildman–Crippen LogP) is -0.776. The van der Waals surface area contributed by atoms with Crippen LogP contribution in [0.4, 0.5) is 4.79 Å². The first-order valence-corrected chi connectivity index (χ1v) is 5.45. The third-order valence-corrected chi connectivity index (χ3v) is 2.86. The first-order chi connectivity index (χ1) is 7.91. The molecule has 7 heteroatoms. The molecule has 17 heavy (non-hydrogen) atoms. The van der Waals surface area contributed by atoms with Crippen LogP contribution in [0.25, 0.3) is 0 Å². The number of carbonyl (C=O) groups excluding carboxylic acids is 2. The molecule has 1 heterocycles. The van der Waals surface area contributed by atoms with Crippen molar-refractivity contribution in [2.24, 2.45) is 17.6 Å². The zero-order valence-electron chi connectivity index (χ0n) is 9.68. The van der Waals surface area contributed by atoms with Gasteiger partial charge in [-0.25, -0.2) is 4.79 Å². The van der Waals surface area contributed by atoms with Crippen LogP contribution in [0, 0.1) is 11.8 Å². The Morgan fingerprint density at radius 2 is 2.06 bits per heavy atom. The Morgan fingerprint density at radius 1 is 1.41 bits per heavy atom. The maximum Gasteiger partial charge on any atom is 0.317 e. The Morgan fingerprint density at radius 3 is 2.53 bits per heavy atom. The van der Waals surface area contributed by atoms with Crippen molar-refractivity contribution in [3.8, 4) is 0 Å². The normalized spacial score (nSPS) is 23.5. The number of urea groups is 1. The van der Waals surface area contributed by atoms with E-state index in [4.69, 9.17) is 10.8 Å². The molecule has 1 saturated heterocycles. The molecule has 3 amide bonds. The van der Waals surface area contributed by atoms with Gasteiger partial charge in [-0.05, 0) is 5.92 Å². The zero-order valence-corrected chi connectivity index (χ0v) is 9.68. The molecule has 0 radical (unpaired) electrons. The van der Waals surface area contributed by atoms with Gasteiger partial charge < -0.3 is 21.1 Å². The molecule has 1 aliphatic heterocycles. The summed E-state index contributed by atoms with van der Waals surface area (Å²) in [5, 5.41) is 11.4. The first kappa shape index (κ1) is 13.3. The van der Waals surface area contributed by atoms with Gasteiger partial charge in [0.15, 0.2) is 0 Å². The monoisotopic (exact) mass is 243 g/mol. The highest BCUT2D eigenvalue weighted by Crippen LogP contribution is 2.22. The van der Waals surface area contributed by atoms with Crippen molar-refractivity contribution >= 4 is 17.9 Å². The van der Waals surface area contributed by atoms with Crippen LogP contribution >= 0.6 is 0 Å². The number of carbonyl (C=O) groups is 3. The number of rotatable bonds is 4. The number of hydrogen-bond acceptors (Lipinski definition) is 3. The Balaban J connectivity index is 2.39. The lowest BCUT2D eigenvalue weighted by Gasteiger charge is -2.16. The lowest BCUT2D eigenvalue weighted by molar-refractivity contribution is -0.142. The fourth-order valence-corrected chi connectivity index (χ4v) is 1.86. The zero-order chi connectivity index (χ0) is 13.0. The van der Waals surface area contributed by atoms with Gasteiger partial charge in [0.25, 0.3) is 0 Å². The molecule has 0 saturated carbocycles. The number of amides is 3. The summed E-state index contributed by atoms with van der Waals surface area (Å²) >= 11 is 0. The molecule has 1 fully saturated rings. The minimum absolute atomic E-state index is 0.0607. The molecular weight excluding hydrogens is 226 g/mol. The maximum atomic E-state index is 11.6. The van der Waals surface area contributed by atoms with E-state index in [0.29, 0.717) is 6.54 Å². The van der Waals surface area contributed by atoms with E-state index < -0.39 is 17.8 Å². The lowest BCUT2D eigenvalue weighted by atomic mass is 9.99. The van der Waals surface area contributed by atoms with Crippen LogP contribution in [0.3, 0.4) is 0 Å². The lowest BCUT2D eigenvalue weighted by Crippen LogP contribution is -2.40. The fraction of sp³-hybridized carbons (Fsp3) is 0.700. The van der Waals surface area contributed by atoms with Crippen LogP contribution in [0.1, 0.15) is 13.3 Å². The molecule has 0 aliphatic carbocycles. The number of likely N-dealkylation sites (tertiary alicyclic amines) is 1. The van der Waals surface area contributed by atoms with E-state index in [-0.39, 0.29) is 31.5 Å². The van der Waals surface area contributed by atoms with Crippen molar-refractivity contribution in [3.05, 3.63) is 0 Å². The number of carboxylic acid groups (broad SMARTS) is 1. The molecule has 0 aromatic heterocycles. The number of nitrogens with one attached hydrogen (secondary N) is 1. The van der Waals surface area contributed by atoms with Crippen molar-refractivity contribution in [1.29, 1.82) is 0 Å². The Kier molecular flexibility index (Phi) is 4.30. The average molecular weight is 243 g/mol. The summed E-state index contributed by atoms with van der Waals surface area (Å²) < 4.78 is 0. The van der Waals surface area contributed by atoms with Gasteiger partial charge in [-0.15, -0.1) is 0 Å². The minimum Gasteiger partial charge on any atom is -0.481 e. The average Bonchev–Trinajstić information content (AvgIpc) is 2.59. The molecule has 2 atom stereocenters. The summed E-state index contributed by atoms with van der Waals surface area (Å²) in [4.78, 5) is 34.4. The van der Waals surface area contributed by atoms with Crippen LogP contribution in [-0.2, 0) is 9.59 Å². The van der Waals surface area contributed by atoms with Gasteiger partial charge >= 0.3 is 12.0 Å². The number of primary amides is 1. The van der Waals surface area contributed by atoms with Gasteiger partial charge in [0.05, 0.1) is 5.92 Å². The van der Waals surface area contributed by atoms with Crippen LogP contribution in [0.2, 0.25) is 0 Å².